The minimum atomic E-state index is -3.28. The molecule has 0 aliphatic rings. The molecule has 112 valence electrons. The van der Waals surface area contributed by atoms with Crippen molar-refractivity contribution in [1.29, 1.82) is 0 Å². The van der Waals surface area contributed by atoms with Gasteiger partial charge in [-0.1, -0.05) is 0 Å². The molecule has 2 aromatic rings. The largest absolute Gasteiger partial charge is 0.381 e. The van der Waals surface area contributed by atoms with Gasteiger partial charge in [0.25, 0.3) is 0 Å². The van der Waals surface area contributed by atoms with Crippen molar-refractivity contribution in [3.05, 3.63) is 59.4 Å². The Labute approximate surface area is 120 Å². The molecule has 0 saturated heterocycles. The number of benzene rings is 2. The van der Waals surface area contributed by atoms with Crippen molar-refractivity contribution in [2.45, 2.75) is 11.4 Å². The van der Waals surface area contributed by atoms with Crippen molar-refractivity contribution < 1.29 is 21.6 Å². The second kappa shape index (κ2) is 5.77. The number of rotatable bonds is 4. The molecule has 0 unspecified atom stereocenters. The van der Waals surface area contributed by atoms with Gasteiger partial charge >= 0.3 is 0 Å². The molecule has 0 aromatic heterocycles. The summed E-state index contributed by atoms with van der Waals surface area (Å²) in [5, 5.41) is 2.80. The van der Waals surface area contributed by atoms with Gasteiger partial charge in [0.1, 0.15) is 5.82 Å². The lowest BCUT2D eigenvalue weighted by Crippen LogP contribution is -2.04. The van der Waals surface area contributed by atoms with Crippen LogP contribution in [0.2, 0.25) is 0 Å². The van der Waals surface area contributed by atoms with Gasteiger partial charge in [-0.15, -0.1) is 0 Å². The summed E-state index contributed by atoms with van der Waals surface area (Å²) < 4.78 is 61.8. The Kier molecular flexibility index (Phi) is 4.22. The fraction of sp³-hybridized carbons (Fsp3) is 0.143. The van der Waals surface area contributed by atoms with Crippen LogP contribution in [0.4, 0.5) is 18.9 Å². The summed E-state index contributed by atoms with van der Waals surface area (Å²) in [5.74, 6) is -3.22. The van der Waals surface area contributed by atoms with Crippen LogP contribution in [0.1, 0.15) is 5.56 Å². The fourth-order valence-corrected chi connectivity index (χ4v) is 2.35. The first kappa shape index (κ1) is 15.4. The number of halogens is 3. The molecule has 0 saturated carbocycles. The monoisotopic (exact) mass is 315 g/mol. The van der Waals surface area contributed by atoms with Gasteiger partial charge in [-0.2, -0.15) is 0 Å². The lowest BCUT2D eigenvalue weighted by molar-refractivity contribution is 0.490. The Morgan fingerprint density at radius 2 is 1.52 bits per heavy atom. The van der Waals surface area contributed by atoms with Crippen LogP contribution in [0.25, 0.3) is 0 Å². The van der Waals surface area contributed by atoms with Crippen LogP contribution in [0.3, 0.4) is 0 Å². The van der Waals surface area contributed by atoms with Gasteiger partial charge in [-0.3, -0.25) is 0 Å². The summed E-state index contributed by atoms with van der Waals surface area (Å²) >= 11 is 0. The Bertz CT molecular complexity index is 759. The molecule has 0 radical (unpaired) electrons. The molecule has 0 aliphatic carbocycles. The maximum Gasteiger partial charge on any atom is 0.175 e. The Balaban J connectivity index is 2.12. The molecule has 0 atom stereocenters. The van der Waals surface area contributed by atoms with Crippen molar-refractivity contribution in [1.82, 2.24) is 0 Å². The summed E-state index contributed by atoms with van der Waals surface area (Å²) in [6.45, 7) is -0.0543. The molecule has 0 bridgehead atoms. The summed E-state index contributed by atoms with van der Waals surface area (Å²) in [6, 6.07) is 7.09. The summed E-state index contributed by atoms with van der Waals surface area (Å²) in [4.78, 5) is 0.159. The van der Waals surface area contributed by atoms with E-state index in [-0.39, 0.29) is 17.0 Å². The second-order valence-electron chi connectivity index (χ2n) is 4.51. The van der Waals surface area contributed by atoms with E-state index in [1.54, 1.807) is 0 Å². The molecular formula is C14H12F3NO2S. The highest BCUT2D eigenvalue weighted by Crippen LogP contribution is 2.17. The highest BCUT2D eigenvalue weighted by molar-refractivity contribution is 7.90. The van der Waals surface area contributed by atoms with Crippen molar-refractivity contribution in [2.24, 2.45) is 0 Å². The van der Waals surface area contributed by atoms with E-state index in [0.717, 1.165) is 12.3 Å². The fourth-order valence-electron chi connectivity index (χ4n) is 1.72. The molecule has 0 fully saturated rings. The number of hydrogen-bond donors (Lipinski definition) is 1. The molecule has 1 N–H and O–H groups in total. The molecule has 0 amide bonds. The van der Waals surface area contributed by atoms with Crippen LogP contribution in [0.15, 0.2) is 41.3 Å². The first-order valence-electron chi connectivity index (χ1n) is 5.95. The summed E-state index contributed by atoms with van der Waals surface area (Å²) in [7, 11) is -3.28. The van der Waals surface area contributed by atoms with Crippen LogP contribution in [0, 0.1) is 17.5 Å². The first-order valence-corrected chi connectivity index (χ1v) is 7.84. The highest BCUT2D eigenvalue weighted by atomic mass is 32.2. The SMILES string of the molecule is CS(=O)(=O)c1ccc(NCc2cc(F)c(F)cc2F)cc1. The van der Waals surface area contributed by atoms with Gasteiger partial charge < -0.3 is 5.32 Å². The zero-order valence-electron chi connectivity index (χ0n) is 11.0. The Hall–Kier alpha value is -2.02. The predicted molar refractivity (Wildman–Crippen MR) is 73.2 cm³/mol. The number of anilines is 1. The van der Waals surface area contributed by atoms with Crippen LogP contribution >= 0.6 is 0 Å². The third-order valence-electron chi connectivity index (χ3n) is 2.85. The molecule has 2 rings (SSSR count). The van der Waals surface area contributed by atoms with Gasteiger partial charge in [0.2, 0.25) is 0 Å². The molecule has 0 aliphatic heterocycles. The van der Waals surface area contributed by atoms with E-state index >= 15 is 0 Å². The van der Waals surface area contributed by atoms with E-state index in [2.05, 4.69) is 5.32 Å². The van der Waals surface area contributed by atoms with Crippen molar-refractivity contribution in [3.63, 3.8) is 0 Å². The number of nitrogens with one attached hydrogen (secondary N) is 1. The number of sulfone groups is 1. The van der Waals surface area contributed by atoms with Gasteiger partial charge in [0.15, 0.2) is 21.5 Å². The van der Waals surface area contributed by atoms with Gasteiger partial charge in [0.05, 0.1) is 4.90 Å². The first-order chi connectivity index (χ1) is 9.77. The lowest BCUT2D eigenvalue weighted by atomic mass is 10.2. The summed E-state index contributed by atoms with van der Waals surface area (Å²) in [5.41, 5.74) is 0.507. The third-order valence-corrected chi connectivity index (χ3v) is 3.98. The van der Waals surface area contributed by atoms with E-state index in [1.165, 1.54) is 24.3 Å². The van der Waals surface area contributed by atoms with E-state index < -0.39 is 27.3 Å². The molecule has 0 spiro atoms. The lowest BCUT2D eigenvalue weighted by Gasteiger charge is -2.08. The number of hydrogen-bond acceptors (Lipinski definition) is 3. The smallest absolute Gasteiger partial charge is 0.175 e. The zero-order valence-corrected chi connectivity index (χ0v) is 11.8. The van der Waals surface area contributed by atoms with Crippen LogP contribution in [-0.4, -0.2) is 14.7 Å². The van der Waals surface area contributed by atoms with Crippen molar-refractivity contribution in [2.75, 3.05) is 11.6 Å². The maximum atomic E-state index is 13.4. The van der Waals surface area contributed by atoms with E-state index in [4.69, 9.17) is 0 Å². The molecule has 21 heavy (non-hydrogen) atoms. The predicted octanol–water partition coefficient (Wildman–Crippen LogP) is 3.12. The topological polar surface area (TPSA) is 46.2 Å². The van der Waals surface area contributed by atoms with E-state index in [0.29, 0.717) is 11.8 Å². The molecule has 7 heteroatoms. The minimum absolute atomic E-state index is 0.0268. The molecule has 3 nitrogen and oxygen atoms in total. The summed E-state index contributed by atoms with van der Waals surface area (Å²) in [6.07, 6.45) is 1.09. The van der Waals surface area contributed by atoms with E-state index in [9.17, 15) is 21.6 Å². The average molecular weight is 315 g/mol. The normalized spacial score (nSPS) is 11.4. The third kappa shape index (κ3) is 3.75. The molecule has 0 heterocycles. The second-order valence-corrected chi connectivity index (χ2v) is 6.52. The average Bonchev–Trinajstić information content (AvgIpc) is 2.41. The molecular weight excluding hydrogens is 303 g/mol. The van der Waals surface area contributed by atoms with Gasteiger partial charge in [0, 0.05) is 30.1 Å². The quantitative estimate of drug-likeness (QED) is 0.882. The van der Waals surface area contributed by atoms with Crippen LogP contribution in [-0.2, 0) is 16.4 Å². The van der Waals surface area contributed by atoms with Gasteiger partial charge in [-0.25, -0.2) is 21.6 Å². The Morgan fingerprint density at radius 3 is 2.10 bits per heavy atom. The zero-order chi connectivity index (χ0) is 15.6. The molecule has 2 aromatic carbocycles. The Morgan fingerprint density at radius 1 is 0.952 bits per heavy atom. The highest BCUT2D eigenvalue weighted by Gasteiger charge is 2.10. The van der Waals surface area contributed by atoms with Crippen molar-refractivity contribution in [3.8, 4) is 0 Å². The van der Waals surface area contributed by atoms with Crippen molar-refractivity contribution >= 4 is 15.5 Å². The van der Waals surface area contributed by atoms with Gasteiger partial charge in [-0.05, 0) is 30.3 Å². The minimum Gasteiger partial charge on any atom is -0.381 e. The van der Waals surface area contributed by atoms with Crippen LogP contribution in [0.5, 0.6) is 0 Å². The standard InChI is InChI=1S/C14H12F3NO2S/c1-21(19,20)11-4-2-10(3-5-11)18-8-9-6-13(16)14(17)7-12(9)15/h2-7,18H,8H2,1H3. The van der Waals surface area contributed by atoms with E-state index in [1.807, 2.05) is 0 Å². The van der Waals surface area contributed by atoms with Crippen LogP contribution < -0.4 is 5.32 Å². The maximum absolute atomic E-state index is 13.4.